The standard InChI is InChI=1S/C12H14F2N2O2S/c1-19(17,18)4-2-3-16-8-10-11(13)5-9(7-15)6-12(10)14/h5-6,16H,2-4,8H2,1H3. The molecule has 4 nitrogen and oxygen atoms in total. The highest BCUT2D eigenvalue weighted by Crippen LogP contribution is 2.14. The van der Waals surface area contributed by atoms with Crippen LogP contribution in [0.15, 0.2) is 12.1 Å². The van der Waals surface area contributed by atoms with Crippen LogP contribution in [0.3, 0.4) is 0 Å². The monoisotopic (exact) mass is 288 g/mol. The summed E-state index contributed by atoms with van der Waals surface area (Å²) in [5, 5.41) is 11.3. The van der Waals surface area contributed by atoms with Crippen LogP contribution in [0.5, 0.6) is 0 Å². The second-order valence-corrected chi connectivity index (χ2v) is 6.45. The van der Waals surface area contributed by atoms with Crippen LogP contribution in [0, 0.1) is 23.0 Å². The zero-order valence-electron chi connectivity index (χ0n) is 10.4. The minimum atomic E-state index is -3.02. The summed E-state index contributed by atoms with van der Waals surface area (Å²) in [6.45, 7) is 0.291. The van der Waals surface area contributed by atoms with E-state index < -0.39 is 21.5 Å². The molecule has 104 valence electrons. The molecular formula is C12H14F2N2O2S. The summed E-state index contributed by atoms with van der Waals surface area (Å²) in [5.74, 6) is -1.54. The zero-order chi connectivity index (χ0) is 14.5. The normalized spacial score (nSPS) is 11.3. The first-order chi connectivity index (χ1) is 8.83. The molecule has 1 rings (SSSR count). The van der Waals surface area contributed by atoms with Crippen LogP contribution in [0.2, 0.25) is 0 Å². The maximum Gasteiger partial charge on any atom is 0.147 e. The fourth-order valence-corrected chi connectivity index (χ4v) is 2.18. The maximum atomic E-state index is 13.5. The number of hydrogen-bond acceptors (Lipinski definition) is 4. The lowest BCUT2D eigenvalue weighted by Gasteiger charge is -2.07. The molecule has 0 saturated heterocycles. The van der Waals surface area contributed by atoms with Gasteiger partial charge in [0.05, 0.1) is 17.4 Å². The molecule has 0 saturated carbocycles. The summed E-state index contributed by atoms with van der Waals surface area (Å²) in [6.07, 6.45) is 1.51. The lowest BCUT2D eigenvalue weighted by Crippen LogP contribution is -2.19. The maximum absolute atomic E-state index is 13.5. The van der Waals surface area contributed by atoms with Crippen molar-refractivity contribution in [1.82, 2.24) is 5.32 Å². The molecule has 0 heterocycles. The summed E-state index contributed by atoms with van der Waals surface area (Å²) >= 11 is 0. The lowest BCUT2D eigenvalue weighted by atomic mass is 10.1. The molecule has 0 spiro atoms. The van der Waals surface area contributed by atoms with Gasteiger partial charge in [0, 0.05) is 18.4 Å². The van der Waals surface area contributed by atoms with E-state index in [9.17, 15) is 17.2 Å². The summed E-state index contributed by atoms with van der Waals surface area (Å²) < 4.78 is 48.7. The van der Waals surface area contributed by atoms with Crippen molar-refractivity contribution in [2.45, 2.75) is 13.0 Å². The van der Waals surface area contributed by atoms with E-state index >= 15 is 0 Å². The number of sulfone groups is 1. The Labute approximate surface area is 111 Å². The third kappa shape index (κ3) is 5.32. The number of nitrogens with one attached hydrogen (secondary N) is 1. The summed E-state index contributed by atoms with van der Waals surface area (Å²) in [6, 6.07) is 3.60. The molecule has 0 aromatic heterocycles. The average Bonchev–Trinajstić information content (AvgIpc) is 2.30. The Bertz CT molecular complexity index is 571. The van der Waals surface area contributed by atoms with Crippen molar-refractivity contribution in [3.63, 3.8) is 0 Å². The quantitative estimate of drug-likeness (QED) is 0.802. The Morgan fingerprint density at radius 2 is 1.89 bits per heavy atom. The number of halogens is 2. The van der Waals surface area contributed by atoms with Gasteiger partial charge < -0.3 is 5.32 Å². The van der Waals surface area contributed by atoms with E-state index in [1.54, 1.807) is 6.07 Å². The van der Waals surface area contributed by atoms with Crippen molar-refractivity contribution in [1.29, 1.82) is 5.26 Å². The largest absolute Gasteiger partial charge is 0.312 e. The molecular weight excluding hydrogens is 274 g/mol. The number of nitrogens with zero attached hydrogens (tertiary/aromatic N) is 1. The van der Waals surface area contributed by atoms with Gasteiger partial charge in [-0.2, -0.15) is 5.26 Å². The molecule has 0 atom stereocenters. The molecule has 0 amide bonds. The van der Waals surface area contributed by atoms with Gasteiger partial charge in [0.15, 0.2) is 0 Å². The van der Waals surface area contributed by atoms with Crippen molar-refractivity contribution >= 4 is 9.84 Å². The summed E-state index contributed by atoms with van der Waals surface area (Å²) in [7, 11) is -3.02. The lowest BCUT2D eigenvalue weighted by molar-refractivity contribution is 0.533. The molecule has 1 aromatic carbocycles. The van der Waals surface area contributed by atoms with E-state index in [4.69, 9.17) is 5.26 Å². The topological polar surface area (TPSA) is 70.0 Å². The van der Waals surface area contributed by atoms with Crippen molar-refractivity contribution in [3.05, 3.63) is 34.9 Å². The molecule has 7 heteroatoms. The van der Waals surface area contributed by atoms with Gasteiger partial charge in [-0.25, -0.2) is 17.2 Å². The molecule has 0 fully saturated rings. The van der Waals surface area contributed by atoms with E-state index in [0.717, 1.165) is 18.4 Å². The minimum Gasteiger partial charge on any atom is -0.312 e. The van der Waals surface area contributed by atoms with Crippen LogP contribution in [-0.4, -0.2) is 27.0 Å². The molecule has 1 N–H and O–H groups in total. The van der Waals surface area contributed by atoms with Gasteiger partial charge in [-0.05, 0) is 25.1 Å². The van der Waals surface area contributed by atoms with Gasteiger partial charge >= 0.3 is 0 Å². The van der Waals surface area contributed by atoms with Gasteiger partial charge in [0.1, 0.15) is 21.5 Å². The second kappa shape index (κ2) is 6.59. The van der Waals surface area contributed by atoms with Crippen LogP contribution < -0.4 is 5.32 Å². The third-order valence-corrected chi connectivity index (χ3v) is 3.47. The van der Waals surface area contributed by atoms with Crippen LogP contribution in [0.25, 0.3) is 0 Å². The minimum absolute atomic E-state index is 0.0261. The van der Waals surface area contributed by atoms with Gasteiger partial charge in [-0.15, -0.1) is 0 Å². The number of rotatable bonds is 6. The highest BCUT2D eigenvalue weighted by molar-refractivity contribution is 7.90. The van der Waals surface area contributed by atoms with E-state index in [1.807, 2.05) is 0 Å². The Morgan fingerprint density at radius 1 is 1.32 bits per heavy atom. The molecule has 0 aliphatic carbocycles. The van der Waals surface area contributed by atoms with E-state index in [0.29, 0.717) is 13.0 Å². The molecule has 19 heavy (non-hydrogen) atoms. The molecule has 0 unspecified atom stereocenters. The molecule has 0 radical (unpaired) electrons. The number of hydrogen-bond donors (Lipinski definition) is 1. The molecule has 1 aromatic rings. The van der Waals surface area contributed by atoms with Gasteiger partial charge in [0.25, 0.3) is 0 Å². The van der Waals surface area contributed by atoms with Crippen molar-refractivity contribution in [3.8, 4) is 6.07 Å². The predicted octanol–water partition coefficient (Wildman–Crippen LogP) is 1.36. The van der Waals surface area contributed by atoms with E-state index in [-0.39, 0.29) is 23.4 Å². The highest BCUT2D eigenvalue weighted by atomic mass is 32.2. The summed E-state index contributed by atoms with van der Waals surface area (Å²) in [5.41, 5.74) is -0.228. The van der Waals surface area contributed by atoms with Crippen LogP contribution >= 0.6 is 0 Å². The van der Waals surface area contributed by atoms with Gasteiger partial charge in [-0.1, -0.05) is 0 Å². The average molecular weight is 288 g/mol. The smallest absolute Gasteiger partial charge is 0.147 e. The first-order valence-corrected chi connectivity index (χ1v) is 7.66. The van der Waals surface area contributed by atoms with Gasteiger partial charge in [-0.3, -0.25) is 0 Å². The second-order valence-electron chi connectivity index (χ2n) is 4.19. The van der Waals surface area contributed by atoms with Crippen LogP contribution in [0.4, 0.5) is 8.78 Å². The SMILES string of the molecule is CS(=O)(=O)CCCNCc1c(F)cc(C#N)cc1F. The van der Waals surface area contributed by atoms with E-state index in [1.165, 1.54) is 0 Å². The highest BCUT2D eigenvalue weighted by Gasteiger charge is 2.10. The van der Waals surface area contributed by atoms with Gasteiger partial charge in [0.2, 0.25) is 0 Å². The van der Waals surface area contributed by atoms with E-state index in [2.05, 4.69) is 5.32 Å². The van der Waals surface area contributed by atoms with Crippen LogP contribution in [-0.2, 0) is 16.4 Å². The predicted molar refractivity (Wildman–Crippen MR) is 67.1 cm³/mol. The fourth-order valence-electron chi connectivity index (χ4n) is 1.51. The molecule has 0 aliphatic heterocycles. The third-order valence-electron chi connectivity index (χ3n) is 2.44. The summed E-state index contributed by atoms with van der Waals surface area (Å²) in [4.78, 5) is 0. The molecule has 0 aliphatic rings. The zero-order valence-corrected chi connectivity index (χ0v) is 11.2. The Hall–Kier alpha value is -1.52. The van der Waals surface area contributed by atoms with Crippen molar-refractivity contribution in [2.75, 3.05) is 18.6 Å². The van der Waals surface area contributed by atoms with Crippen LogP contribution in [0.1, 0.15) is 17.5 Å². The first-order valence-electron chi connectivity index (χ1n) is 5.60. The first kappa shape index (κ1) is 15.5. The van der Waals surface area contributed by atoms with Crippen molar-refractivity contribution in [2.24, 2.45) is 0 Å². The Morgan fingerprint density at radius 3 is 2.37 bits per heavy atom. The van der Waals surface area contributed by atoms with Crippen molar-refractivity contribution < 1.29 is 17.2 Å². The molecule has 0 bridgehead atoms. The number of nitriles is 1. The Balaban J connectivity index is 2.53. The number of benzene rings is 1. The Kier molecular flexibility index (Phi) is 5.39. The fraction of sp³-hybridized carbons (Fsp3) is 0.417.